The molecule has 6 rings (SSSR count). The number of pyridine rings is 1. The third-order valence-electron chi connectivity index (χ3n) is 5.76. The molecule has 1 aliphatic heterocycles. The Morgan fingerprint density at radius 2 is 2.09 bits per heavy atom. The molecule has 0 spiro atoms. The lowest BCUT2D eigenvalue weighted by molar-refractivity contribution is 0.218. The van der Waals surface area contributed by atoms with Gasteiger partial charge >= 0.3 is 0 Å². The lowest BCUT2D eigenvalue weighted by Gasteiger charge is -2.27. The molecule has 0 unspecified atom stereocenters. The molecule has 1 aromatic carbocycles. The number of benzene rings is 1. The first-order chi connectivity index (χ1) is 16.2. The van der Waals surface area contributed by atoms with Crippen LogP contribution in [0.3, 0.4) is 0 Å². The Kier molecular flexibility index (Phi) is 5.16. The molecule has 0 aliphatic carbocycles. The Morgan fingerprint density at radius 1 is 1.12 bits per heavy atom. The van der Waals surface area contributed by atoms with Gasteiger partial charge in [0.25, 0.3) is 0 Å². The quantitative estimate of drug-likeness (QED) is 0.399. The molecule has 0 saturated carbocycles. The summed E-state index contributed by atoms with van der Waals surface area (Å²) in [6.45, 7) is 4.58. The van der Waals surface area contributed by atoms with Gasteiger partial charge in [0.2, 0.25) is 0 Å². The summed E-state index contributed by atoms with van der Waals surface area (Å²) in [5.41, 5.74) is 6.47. The van der Waals surface area contributed by atoms with Gasteiger partial charge in [-0.2, -0.15) is 0 Å². The van der Waals surface area contributed by atoms with Crippen molar-refractivity contribution in [2.75, 3.05) is 6.54 Å². The van der Waals surface area contributed by atoms with Crippen molar-refractivity contribution >= 4 is 22.8 Å². The van der Waals surface area contributed by atoms with Crippen molar-refractivity contribution in [1.29, 1.82) is 0 Å². The van der Waals surface area contributed by atoms with Gasteiger partial charge in [-0.15, -0.1) is 0 Å². The average molecular weight is 455 g/mol. The SMILES string of the molecule is Cc1ccc2nc(Sc3ccc(CN4CCc5nc(-c6cccnc6)ncc5C4)o3)[nH]c2c1. The second kappa shape index (κ2) is 8.46. The predicted octanol–water partition coefficient (Wildman–Crippen LogP) is 5.03. The van der Waals surface area contributed by atoms with Crippen LogP contribution in [0.5, 0.6) is 0 Å². The van der Waals surface area contributed by atoms with Crippen LogP contribution in [0.15, 0.2) is 75.7 Å². The molecule has 8 heteroatoms. The highest BCUT2D eigenvalue weighted by Gasteiger charge is 2.20. The van der Waals surface area contributed by atoms with E-state index in [2.05, 4.69) is 43.9 Å². The minimum absolute atomic E-state index is 0.740. The summed E-state index contributed by atoms with van der Waals surface area (Å²) in [4.78, 5) is 23.9. The number of furan rings is 1. The van der Waals surface area contributed by atoms with Crippen LogP contribution in [0.25, 0.3) is 22.4 Å². The molecule has 0 fully saturated rings. The topological polar surface area (TPSA) is 83.7 Å². The highest BCUT2D eigenvalue weighted by atomic mass is 32.2. The summed E-state index contributed by atoms with van der Waals surface area (Å²) >= 11 is 1.51. The number of nitrogens with zero attached hydrogens (tertiary/aromatic N) is 5. The largest absolute Gasteiger partial charge is 0.453 e. The molecule has 33 heavy (non-hydrogen) atoms. The molecule has 0 amide bonds. The second-order valence-electron chi connectivity index (χ2n) is 8.25. The van der Waals surface area contributed by atoms with Crippen LogP contribution in [0.2, 0.25) is 0 Å². The minimum atomic E-state index is 0.740. The van der Waals surface area contributed by atoms with Crippen molar-refractivity contribution in [3.63, 3.8) is 0 Å². The first-order valence-corrected chi connectivity index (χ1v) is 11.7. The molecule has 5 aromatic rings. The van der Waals surface area contributed by atoms with Crippen LogP contribution in [0.1, 0.15) is 22.6 Å². The minimum Gasteiger partial charge on any atom is -0.453 e. The van der Waals surface area contributed by atoms with Gasteiger partial charge in [0.1, 0.15) is 5.76 Å². The highest BCUT2D eigenvalue weighted by molar-refractivity contribution is 7.99. The van der Waals surface area contributed by atoms with Gasteiger partial charge in [0.15, 0.2) is 16.1 Å². The molecule has 0 saturated heterocycles. The molecule has 0 atom stereocenters. The molecule has 164 valence electrons. The maximum atomic E-state index is 6.10. The number of rotatable bonds is 5. The van der Waals surface area contributed by atoms with Gasteiger partial charge in [-0.1, -0.05) is 6.07 Å². The summed E-state index contributed by atoms with van der Waals surface area (Å²) in [7, 11) is 0. The van der Waals surface area contributed by atoms with Crippen LogP contribution in [-0.2, 0) is 19.5 Å². The maximum absolute atomic E-state index is 6.10. The molecule has 1 aliphatic rings. The van der Waals surface area contributed by atoms with Gasteiger partial charge in [0.05, 0.1) is 23.3 Å². The number of fused-ring (bicyclic) bond motifs is 2. The van der Waals surface area contributed by atoms with E-state index in [0.717, 1.165) is 70.2 Å². The zero-order valence-corrected chi connectivity index (χ0v) is 19.0. The average Bonchev–Trinajstić information content (AvgIpc) is 3.45. The Hall–Kier alpha value is -3.49. The first kappa shape index (κ1) is 20.1. The smallest absolute Gasteiger partial charge is 0.174 e. The van der Waals surface area contributed by atoms with Crippen LogP contribution in [0, 0.1) is 6.92 Å². The van der Waals surface area contributed by atoms with Gasteiger partial charge in [-0.25, -0.2) is 15.0 Å². The monoisotopic (exact) mass is 454 g/mol. The molecular formula is C25H22N6OS. The van der Waals surface area contributed by atoms with Crippen molar-refractivity contribution < 1.29 is 4.42 Å². The number of aryl methyl sites for hydroxylation is 1. The van der Waals surface area contributed by atoms with Crippen LogP contribution in [0.4, 0.5) is 0 Å². The van der Waals surface area contributed by atoms with E-state index in [0.29, 0.717) is 0 Å². The third-order valence-corrected chi connectivity index (χ3v) is 6.57. The van der Waals surface area contributed by atoms with E-state index in [4.69, 9.17) is 9.40 Å². The Balaban J connectivity index is 1.12. The fraction of sp³-hybridized carbons (Fsp3) is 0.200. The fourth-order valence-electron chi connectivity index (χ4n) is 4.11. The highest BCUT2D eigenvalue weighted by Crippen LogP contribution is 2.30. The van der Waals surface area contributed by atoms with Crippen molar-refractivity contribution in [2.24, 2.45) is 0 Å². The first-order valence-electron chi connectivity index (χ1n) is 10.9. The Labute approximate surface area is 195 Å². The van der Waals surface area contributed by atoms with E-state index in [9.17, 15) is 0 Å². The number of hydrogen-bond acceptors (Lipinski definition) is 7. The Bertz CT molecular complexity index is 1430. The molecule has 5 heterocycles. The summed E-state index contributed by atoms with van der Waals surface area (Å²) in [5, 5.41) is 1.67. The van der Waals surface area contributed by atoms with Gasteiger partial charge < -0.3 is 9.40 Å². The predicted molar refractivity (Wildman–Crippen MR) is 127 cm³/mol. The third kappa shape index (κ3) is 4.27. The summed E-state index contributed by atoms with van der Waals surface area (Å²) in [5.74, 6) is 1.68. The fourth-order valence-corrected chi connectivity index (χ4v) is 4.89. The Morgan fingerprint density at radius 3 is 3.00 bits per heavy atom. The lowest BCUT2D eigenvalue weighted by Crippen LogP contribution is -2.30. The van der Waals surface area contributed by atoms with Crippen LogP contribution >= 0.6 is 11.8 Å². The normalized spacial score (nSPS) is 14.0. The number of aromatic nitrogens is 5. The van der Waals surface area contributed by atoms with E-state index in [1.807, 2.05) is 36.5 Å². The second-order valence-corrected chi connectivity index (χ2v) is 9.25. The van der Waals surface area contributed by atoms with Crippen molar-refractivity contribution in [3.8, 4) is 11.4 Å². The zero-order valence-electron chi connectivity index (χ0n) is 18.2. The van der Waals surface area contributed by atoms with Crippen molar-refractivity contribution in [1.82, 2.24) is 29.8 Å². The number of nitrogens with one attached hydrogen (secondary N) is 1. The number of H-pyrrole nitrogens is 1. The molecule has 1 N–H and O–H groups in total. The van der Waals surface area contributed by atoms with Crippen LogP contribution in [-0.4, -0.2) is 36.4 Å². The summed E-state index contributed by atoms with van der Waals surface area (Å²) < 4.78 is 6.10. The molecule has 7 nitrogen and oxygen atoms in total. The molecule has 0 bridgehead atoms. The van der Waals surface area contributed by atoms with Crippen molar-refractivity contribution in [3.05, 3.63) is 83.6 Å². The maximum Gasteiger partial charge on any atom is 0.174 e. The van der Waals surface area contributed by atoms with E-state index < -0.39 is 0 Å². The van der Waals surface area contributed by atoms with E-state index in [-0.39, 0.29) is 0 Å². The molecular weight excluding hydrogens is 432 g/mol. The summed E-state index contributed by atoms with van der Waals surface area (Å²) in [6, 6.07) is 14.2. The number of aromatic amines is 1. The molecule has 0 radical (unpaired) electrons. The summed E-state index contributed by atoms with van der Waals surface area (Å²) in [6.07, 6.45) is 6.40. The van der Waals surface area contributed by atoms with E-state index in [1.165, 1.54) is 22.9 Å². The zero-order chi connectivity index (χ0) is 22.2. The standard InChI is InChI=1S/C25H22N6OS/c1-16-4-6-21-22(11-16)30-25(29-21)33-23-7-5-19(32-23)15-31-10-8-20-18(14-31)13-27-24(28-20)17-3-2-9-26-12-17/h2-7,9,11-13H,8,10,14-15H2,1H3,(H,29,30). The number of hydrogen-bond donors (Lipinski definition) is 1. The van der Waals surface area contributed by atoms with Crippen LogP contribution < -0.4 is 0 Å². The van der Waals surface area contributed by atoms with E-state index in [1.54, 1.807) is 12.4 Å². The van der Waals surface area contributed by atoms with Gasteiger partial charge in [0, 0.05) is 49.2 Å². The van der Waals surface area contributed by atoms with Gasteiger partial charge in [-0.3, -0.25) is 9.88 Å². The molecule has 4 aromatic heterocycles. The lowest BCUT2D eigenvalue weighted by atomic mass is 10.1. The van der Waals surface area contributed by atoms with Crippen molar-refractivity contribution in [2.45, 2.75) is 36.7 Å². The van der Waals surface area contributed by atoms with Gasteiger partial charge in [-0.05, 0) is 60.6 Å². The number of imidazole rings is 1. The van der Waals surface area contributed by atoms with E-state index >= 15 is 0 Å².